The van der Waals surface area contributed by atoms with Crippen LogP contribution in [0.1, 0.15) is 25.7 Å². The van der Waals surface area contributed by atoms with Crippen LogP contribution in [0.3, 0.4) is 0 Å². The summed E-state index contributed by atoms with van der Waals surface area (Å²) in [6.45, 7) is 1.05. The summed E-state index contributed by atoms with van der Waals surface area (Å²) < 4.78 is 24.0. The molecule has 0 bridgehead atoms. The van der Waals surface area contributed by atoms with E-state index in [1.165, 1.54) is 10.6 Å². The highest BCUT2D eigenvalue weighted by Crippen LogP contribution is 2.22. The minimum Gasteiger partial charge on any atom is -0.481 e. The van der Waals surface area contributed by atoms with Crippen LogP contribution in [0.25, 0.3) is 0 Å². The minimum atomic E-state index is -3.11. The van der Waals surface area contributed by atoms with Crippen LogP contribution in [0.5, 0.6) is 0 Å². The summed E-state index contributed by atoms with van der Waals surface area (Å²) >= 11 is 0. The zero-order valence-electron chi connectivity index (χ0n) is 8.85. The highest BCUT2D eigenvalue weighted by molar-refractivity contribution is 7.88. The maximum Gasteiger partial charge on any atom is 0.303 e. The van der Waals surface area contributed by atoms with Crippen molar-refractivity contribution in [2.24, 2.45) is 5.92 Å². The highest BCUT2D eigenvalue weighted by Gasteiger charge is 2.25. The second kappa shape index (κ2) is 4.94. The fourth-order valence-electron chi connectivity index (χ4n) is 1.89. The molecular formula is C9H17NO4S. The van der Waals surface area contributed by atoms with Crippen molar-refractivity contribution in [1.29, 1.82) is 0 Å². The molecule has 0 aromatic carbocycles. The van der Waals surface area contributed by atoms with Gasteiger partial charge >= 0.3 is 5.97 Å². The van der Waals surface area contributed by atoms with Crippen molar-refractivity contribution in [3.63, 3.8) is 0 Å². The van der Waals surface area contributed by atoms with Crippen molar-refractivity contribution >= 4 is 16.0 Å². The molecule has 0 aromatic rings. The SMILES string of the molecule is CS(=O)(=O)N1CCCC(CCC(=O)O)C1. The number of aliphatic carboxylic acids is 1. The third kappa shape index (κ3) is 4.17. The van der Waals surface area contributed by atoms with Crippen LogP contribution in [0.15, 0.2) is 0 Å². The lowest BCUT2D eigenvalue weighted by Gasteiger charge is -2.30. The van der Waals surface area contributed by atoms with Gasteiger partial charge in [-0.3, -0.25) is 4.79 Å². The summed E-state index contributed by atoms with van der Waals surface area (Å²) in [5.74, 6) is -0.615. The molecule has 0 saturated carbocycles. The molecule has 0 aliphatic carbocycles. The lowest BCUT2D eigenvalue weighted by molar-refractivity contribution is -0.137. The molecule has 1 atom stereocenters. The standard InChI is InChI=1S/C9H17NO4S/c1-15(13,14)10-6-2-3-8(7-10)4-5-9(11)12/h8H,2-7H2,1H3,(H,11,12). The molecule has 1 unspecified atom stereocenters. The normalized spacial score (nSPS) is 23.9. The second-order valence-corrected chi connectivity index (χ2v) is 6.04. The van der Waals surface area contributed by atoms with Gasteiger partial charge in [0, 0.05) is 19.5 Å². The number of carboxylic acid groups (broad SMARTS) is 1. The Balaban J connectivity index is 2.46. The monoisotopic (exact) mass is 235 g/mol. The van der Waals surface area contributed by atoms with Gasteiger partial charge in [0.15, 0.2) is 0 Å². The van der Waals surface area contributed by atoms with E-state index in [2.05, 4.69) is 0 Å². The predicted octanol–water partition coefficient (Wildman–Crippen LogP) is 0.523. The number of carboxylic acids is 1. The molecule has 1 rings (SSSR count). The minimum absolute atomic E-state index is 0.127. The van der Waals surface area contributed by atoms with Crippen LogP contribution in [0, 0.1) is 5.92 Å². The molecule has 0 amide bonds. The van der Waals surface area contributed by atoms with Crippen molar-refractivity contribution in [3.8, 4) is 0 Å². The van der Waals surface area contributed by atoms with E-state index in [0.29, 0.717) is 19.5 Å². The maximum atomic E-state index is 11.3. The third-order valence-electron chi connectivity index (χ3n) is 2.72. The summed E-state index contributed by atoms with van der Waals surface area (Å²) in [4.78, 5) is 10.4. The van der Waals surface area contributed by atoms with Gasteiger partial charge in [-0.15, -0.1) is 0 Å². The maximum absolute atomic E-state index is 11.3. The van der Waals surface area contributed by atoms with E-state index in [-0.39, 0.29) is 12.3 Å². The molecule has 0 spiro atoms. The molecule has 0 aromatic heterocycles. The first-order valence-corrected chi connectivity index (χ1v) is 6.91. The van der Waals surface area contributed by atoms with E-state index in [1.54, 1.807) is 0 Å². The van der Waals surface area contributed by atoms with E-state index in [0.717, 1.165) is 12.8 Å². The number of hydrogen-bond donors (Lipinski definition) is 1. The Morgan fingerprint density at radius 1 is 1.53 bits per heavy atom. The quantitative estimate of drug-likeness (QED) is 0.771. The number of sulfonamides is 1. The van der Waals surface area contributed by atoms with E-state index in [4.69, 9.17) is 5.11 Å². The molecule has 1 fully saturated rings. The van der Waals surface area contributed by atoms with Crippen molar-refractivity contribution in [3.05, 3.63) is 0 Å². The fraction of sp³-hybridized carbons (Fsp3) is 0.889. The van der Waals surface area contributed by atoms with Crippen LogP contribution in [0.2, 0.25) is 0 Å². The molecule has 1 N–H and O–H groups in total. The predicted molar refractivity (Wildman–Crippen MR) is 56.0 cm³/mol. The van der Waals surface area contributed by atoms with Crippen LogP contribution in [-0.4, -0.2) is 43.1 Å². The van der Waals surface area contributed by atoms with Crippen LogP contribution < -0.4 is 0 Å². The van der Waals surface area contributed by atoms with Gasteiger partial charge in [-0.2, -0.15) is 0 Å². The van der Waals surface area contributed by atoms with Crippen LogP contribution >= 0.6 is 0 Å². The molecular weight excluding hydrogens is 218 g/mol. The Labute approximate surface area is 90.1 Å². The first kappa shape index (κ1) is 12.4. The molecule has 88 valence electrons. The van der Waals surface area contributed by atoms with Gasteiger partial charge in [0.1, 0.15) is 0 Å². The largest absolute Gasteiger partial charge is 0.481 e. The molecule has 6 heteroatoms. The van der Waals surface area contributed by atoms with Crippen molar-refractivity contribution in [2.75, 3.05) is 19.3 Å². The Morgan fingerprint density at radius 3 is 2.73 bits per heavy atom. The lowest BCUT2D eigenvalue weighted by Crippen LogP contribution is -2.39. The average molecular weight is 235 g/mol. The van der Waals surface area contributed by atoms with Gasteiger partial charge in [-0.05, 0) is 25.2 Å². The third-order valence-corrected chi connectivity index (χ3v) is 3.99. The number of rotatable bonds is 4. The van der Waals surface area contributed by atoms with Gasteiger partial charge in [0.05, 0.1) is 6.26 Å². The smallest absolute Gasteiger partial charge is 0.303 e. The first-order chi connectivity index (χ1) is 6.89. The van der Waals surface area contributed by atoms with Gasteiger partial charge in [0.25, 0.3) is 0 Å². The van der Waals surface area contributed by atoms with Gasteiger partial charge < -0.3 is 5.11 Å². The molecule has 1 saturated heterocycles. The Bertz CT molecular complexity index is 325. The molecule has 1 aliphatic heterocycles. The molecule has 1 heterocycles. The van der Waals surface area contributed by atoms with E-state index < -0.39 is 16.0 Å². The summed E-state index contributed by atoms with van der Waals surface area (Å²) in [7, 11) is -3.11. The lowest BCUT2D eigenvalue weighted by atomic mass is 9.95. The summed E-state index contributed by atoms with van der Waals surface area (Å²) in [5.41, 5.74) is 0. The molecule has 1 aliphatic rings. The highest BCUT2D eigenvalue weighted by atomic mass is 32.2. The Morgan fingerprint density at radius 2 is 2.20 bits per heavy atom. The fourth-order valence-corrected chi connectivity index (χ4v) is 2.83. The summed E-state index contributed by atoms with van der Waals surface area (Å²) in [6.07, 6.45) is 3.66. The Hall–Kier alpha value is -0.620. The number of carbonyl (C=O) groups is 1. The van der Waals surface area contributed by atoms with Gasteiger partial charge in [-0.1, -0.05) is 0 Å². The van der Waals surface area contributed by atoms with Crippen molar-refractivity contribution in [1.82, 2.24) is 4.31 Å². The molecule has 0 radical (unpaired) electrons. The van der Waals surface area contributed by atoms with Gasteiger partial charge in [-0.25, -0.2) is 12.7 Å². The van der Waals surface area contributed by atoms with Crippen LogP contribution in [0.4, 0.5) is 0 Å². The number of piperidine rings is 1. The van der Waals surface area contributed by atoms with E-state index >= 15 is 0 Å². The summed E-state index contributed by atoms with van der Waals surface area (Å²) in [5, 5.41) is 8.54. The average Bonchev–Trinajstić information content (AvgIpc) is 2.14. The topological polar surface area (TPSA) is 74.7 Å². The second-order valence-electron chi connectivity index (χ2n) is 4.06. The summed E-state index contributed by atoms with van der Waals surface area (Å²) in [6, 6.07) is 0. The Kier molecular flexibility index (Phi) is 4.10. The van der Waals surface area contributed by atoms with Crippen molar-refractivity contribution in [2.45, 2.75) is 25.7 Å². The van der Waals surface area contributed by atoms with Gasteiger partial charge in [0.2, 0.25) is 10.0 Å². The molecule has 15 heavy (non-hydrogen) atoms. The van der Waals surface area contributed by atoms with E-state index in [1.807, 2.05) is 0 Å². The van der Waals surface area contributed by atoms with Crippen LogP contribution in [-0.2, 0) is 14.8 Å². The first-order valence-electron chi connectivity index (χ1n) is 5.06. The zero-order chi connectivity index (χ0) is 11.5. The van der Waals surface area contributed by atoms with E-state index in [9.17, 15) is 13.2 Å². The zero-order valence-corrected chi connectivity index (χ0v) is 9.66. The molecule has 5 nitrogen and oxygen atoms in total. The number of hydrogen-bond acceptors (Lipinski definition) is 3. The number of nitrogens with zero attached hydrogens (tertiary/aromatic N) is 1. The van der Waals surface area contributed by atoms with Crippen molar-refractivity contribution < 1.29 is 18.3 Å².